The van der Waals surface area contributed by atoms with Gasteiger partial charge in [-0.05, 0) is 24.3 Å². The number of pyridine rings is 1. The summed E-state index contributed by atoms with van der Waals surface area (Å²) in [5.41, 5.74) is 0.785. The first-order chi connectivity index (χ1) is 13.6. The molecule has 150 valence electrons. The lowest BCUT2D eigenvalue weighted by Crippen LogP contribution is -2.37. The molecule has 0 aliphatic carbocycles. The van der Waals surface area contributed by atoms with Crippen LogP contribution >= 0.6 is 0 Å². The largest absolute Gasteiger partial charge is 0.490 e. The zero-order chi connectivity index (χ0) is 19.8. The van der Waals surface area contributed by atoms with Crippen LogP contribution in [0.25, 0.3) is 0 Å². The van der Waals surface area contributed by atoms with E-state index in [-0.39, 0.29) is 11.4 Å². The molecule has 0 bridgehead atoms. The molecular formula is C18H23N5O4S. The molecule has 1 aromatic carbocycles. The molecular weight excluding hydrogens is 382 g/mol. The Kier molecular flexibility index (Phi) is 6.66. The van der Waals surface area contributed by atoms with Gasteiger partial charge in [0.15, 0.2) is 17.5 Å². The minimum absolute atomic E-state index is 0.129. The first kappa shape index (κ1) is 19.9. The number of guanidine groups is 1. The van der Waals surface area contributed by atoms with Gasteiger partial charge in [0.2, 0.25) is 10.0 Å². The molecule has 0 fully saturated rings. The Bertz CT molecular complexity index is 919. The van der Waals surface area contributed by atoms with E-state index in [9.17, 15) is 8.42 Å². The van der Waals surface area contributed by atoms with Crippen LogP contribution in [0.5, 0.6) is 11.5 Å². The first-order valence-electron chi connectivity index (χ1n) is 8.85. The lowest BCUT2D eigenvalue weighted by atomic mass is 10.3. The maximum absolute atomic E-state index is 12.2. The van der Waals surface area contributed by atoms with Gasteiger partial charge >= 0.3 is 0 Å². The molecule has 0 saturated carbocycles. The van der Waals surface area contributed by atoms with Crippen molar-refractivity contribution in [1.29, 1.82) is 0 Å². The standard InChI is InChI=1S/C18H23N5O4S/c1-19-18(21-8-9-22-28(24,25)15-4-2-7-20-13-15)23-14-5-6-16-17(12-14)27-11-3-10-26-16/h2,4-7,12-13,22H,3,8-11H2,1H3,(H2,19,21,23). The highest BCUT2D eigenvalue weighted by Crippen LogP contribution is 2.32. The predicted molar refractivity (Wildman–Crippen MR) is 106 cm³/mol. The molecule has 28 heavy (non-hydrogen) atoms. The van der Waals surface area contributed by atoms with Gasteiger partial charge in [0, 0.05) is 50.7 Å². The number of anilines is 1. The molecule has 2 aromatic rings. The zero-order valence-corrected chi connectivity index (χ0v) is 16.3. The normalized spacial score (nSPS) is 14.2. The molecule has 1 aliphatic heterocycles. The Morgan fingerprint density at radius 1 is 1.18 bits per heavy atom. The van der Waals surface area contributed by atoms with Crippen molar-refractivity contribution < 1.29 is 17.9 Å². The lowest BCUT2D eigenvalue weighted by Gasteiger charge is -2.14. The van der Waals surface area contributed by atoms with Crippen molar-refractivity contribution >= 4 is 21.7 Å². The number of hydrogen-bond donors (Lipinski definition) is 3. The summed E-state index contributed by atoms with van der Waals surface area (Å²) in [6.45, 7) is 1.79. The fourth-order valence-corrected chi connectivity index (χ4v) is 3.51. The van der Waals surface area contributed by atoms with E-state index in [2.05, 4.69) is 25.3 Å². The van der Waals surface area contributed by atoms with Crippen molar-refractivity contribution in [3.8, 4) is 11.5 Å². The fraction of sp³-hybridized carbons (Fsp3) is 0.333. The number of rotatable bonds is 6. The van der Waals surface area contributed by atoms with E-state index >= 15 is 0 Å². The van der Waals surface area contributed by atoms with E-state index in [0.29, 0.717) is 31.5 Å². The van der Waals surface area contributed by atoms with Crippen LogP contribution in [0.15, 0.2) is 52.6 Å². The Morgan fingerprint density at radius 2 is 2.00 bits per heavy atom. The molecule has 0 unspecified atom stereocenters. The summed E-state index contributed by atoms with van der Waals surface area (Å²) in [6.07, 6.45) is 3.67. The van der Waals surface area contributed by atoms with E-state index in [1.165, 1.54) is 18.5 Å². The maximum Gasteiger partial charge on any atom is 0.242 e. The van der Waals surface area contributed by atoms with Crippen molar-refractivity contribution in [2.45, 2.75) is 11.3 Å². The minimum Gasteiger partial charge on any atom is -0.490 e. The average Bonchev–Trinajstić information content (AvgIpc) is 2.96. The monoisotopic (exact) mass is 405 g/mol. The van der Waals surface area contributed by atoms with Gasteiger partial charge in [0.05, 0.1) is 13.2 Å². The quantitative estimate of drug-likeness (QED) is 0.376. The number of sulfonamides is 1. The molecule has 2 heterocycles. The highest BCUT2D eigenvalue weighted by molar-refractivity contribution is 7.89. The number of aromatic nitrogens is 1. The van der Waals surface area contributed by atoms with Crippen molar-refractivity contribution in [2.24, 2.45) is 4.99 Å². The van der Waals surface area contributed by atoms with Gasteiger partial charge in [-0.15, -0.1) is 0 Å². The highest BCUT2D eigenvalue weighted by Gasteiger charge is 2.13. The summed E-state index contributed by atoms with van der Waals surface area (Å²) < 4.78 is 38.1. The van der Waals surface area contributed by atoms with Gasteiger partial charge in [0.25, 0.3) is 0 Å². The molecule has 0 amide bonds. The van der Waals surface area contributed by atoms with E-state index in [0.717, 1.165) is 17.9 Å². The van der Waals surface area contributed by atoms with Gasteiger partial charge in [-0.3, -0.25) is 9.98 Å². The van der Waals surface area contributed by atoms with Crippen molar-refractivity contribution in [2.75, 3.05) is 38.7 Å². The Hall–Kier alpha value is -2.85. The van der Waals surface area contributed by atoms with E-state index < -0.39 is 10.0 Å². The summed E-state index contributed by atoms with van der Waals surface area (Å²) in [4.78, 5) is 8.09. The molecule has 0 saturated heterocycles. The first-order valence-corrected chi connectivity index (χ1v) is 10.3. The lowest BCUT2D eigenvalue weighted by molar-refractivity contribution is 0.297. The van der Waals surface area contributed by atoms with Crippen LogP contribution in [-0.2, 0) is 10.0 Å². The SMILES string of the molecule is CN=C(NCCNS(=O)(=O)c1cccnc1)Nc1ccc2c(c1)OCCCO2. The smallest absolute Gasteiger partial charge is 0.242 e. The molecule has 1 aromatic heterocycles. The number of aliphatic imine (C=N–C) groups is 1. The van der Waals surface area contributed by atoms with E-state index in [4.69, 9.17) is 9.47 Å². The minimum atomic E-state index is -3.58. The molecule has 0 atom stereocenters. The summed E-state index contributed by atoms with van der Waals surface area (Å²) >= 11 is 0. The summed E-state index contributed by atoms with van der Waals surface area (Å²) in [7, 11) is -1.94. The van der Waals surface area contributed by atoms with Crippen LogP contribution < -0.4 is 24.8 Å². The second-order valence-corrected chi connectivity index (χ2v) is 7.69. The van der Waals surface area contributed by atoms with Crippen molar-refractivity contribution in [1.82, 2.24) is 15.0 Å². The number of benzene rings is 1. The molecule has 1 aliphatic rings. The number of ether oxygens (including phenoxy) is 2. The molecule has 10 heteroatoms. The summed E-state index contributed by atoms with van der Waals surface area (Å²) in [6, 6.07) is 8.63. The second-order valence-electron chi connectivity index (χ2n) is 5.92. The van der Waals surface area contributed by atoms with Gasteiger partial charge in [-0.25, -0.2) is 13.1 Å². The third-order valence-corrected chi connectivity index (χ3v) is 5.33. The van der Waals surface area contributed by atoms with Crippen LogP contribution in [0.3, 0.4) is 0 Å². The van der Waals surface area contributed by atoms with Crippen LogP contribution in [-0.4, -0.2) is 52.7 Å². The fourth-order valence-electron chi connectivity index (χ4n) is 2.51. The third-order valence-electron chi connectivity index (χ3n) is 3.89. The average molecular weight is 405 g/mol. The van der Waals surface area contributed by atoms with Crippen LogP contribution in [0, 0.1) is 0 Å². The number of nitrogens with one attached hydrogen (secondary N) is 3. The molecule has 0 radical (unpaired) electrons. The highest BCUT2D eigenvalue weighted by atomic mass is 32.2. The second kappa shape index (κ2) is 9.38. The number of nitrogens with zero attached hydrogens (tertiary/aromatic N) is 2. The summed E-state index contributed by atoms with van der Waals surface area (Å²) in [5, 5.41) is 6.20. The van der Waals surface area contributed by atoms with Crippen molar-refractivity contribution in [3.63, 3.8) is 0 Å². The Balaban J connectivity index is 1.51. The predicted octanol–water partition coefficient (Wildman–Crippen LogP) is 1.21. The molecule has 3 N–H and O–H groups in total. The van der Waals surface area contributed by atoms with E-state index in [1.54, 1.807) is 13.1 Å². The molecule has 0 spiro atoms. The van der Waals surface area contributed by atoms with Gasteiger partial charge in [-0.1, -0.05) is 0 Å². The third kappa shape index (κ3) is 5.33. The van der Waals surface area contributed by atoms with Gasteiger partial charge < -0.3 is 20.1 Å². The Labute approximate surface area is 164 Å². The summed E-state index contributed by atoms with van der Waals surface area (Å²) in [5.74, 6) is 1.91. The maximum atomic E-state index is 12.2. The number of fused-ring (bicyclic) bond motifs is 1. The van der Waals surface area contributed by atoms with Crippen LogP contribution in [0.2, 0.25) is 0 Å². The van der Waals surface area contributed by atoms with Crippen molar-refractivity contribution in [3.05, 3.63) is 42.7 Å². The topological polar surface area (TPSA) is 114 Å². The number of hydrogen-bond acceptors (Lipinski definition) is 6. The Morgan fingerprint density at radius 3 is 2.75 bits per heavy atom. The molecule has 3 rings (SSSR count). The van der Waals surface area contributed by atoms with E-state index in [1.807, 2.05) is 18.2 Å². The van der Waals surface area contributed by atoms with Crippen LogP contribution in [0.4, 0.5) is 5.69 Å². The van der Waals surface area contributed by atoms with Crippen LogP contribution in [0.1, 0.15) is 6.42 Å². The molecule has 9 nitrogen and oxygen atoms in total. The van der Waals surface area contributed by atoms with Gasteiger partial charge in [0.1, 0.15) is 4.90 Å². The zero-order valence-electron chi connectivity index (χ0n) is 15.5. The van der Waals surface area contributed by atoms with Gasteiger partial charge in [-0.2, -0.15) is 0 Å².